The Labute approximate surface area is 238 Å². The van der Waals surface area contributed by atoms with E-state index in [9.17, 15) is 14.4 Å². The van der Waals surface area contributed by atoms with Crippen molar-refractivity contribution in [2.45, 2.75) is 31.1 Å². The van der Waals surface area contributed by atoms with E-state index in [1.165, 1.54) is 22.2 Å². The van der Waals surface area contributed by atoms with E-state index in [0.29, 0.717) is 45.7 Å². The van der Waals surface area contributed by atoms with Crippen molar-refractivity contribution in [3.63, 3.8) is 0 Å². The SMILES string of the molecule is COCCCN1C(=O)C(Nc2ccc(C(C)C)cc2)=C(Sc2cccc(NC(=O)c3cccc(OC)c3)c2)C1=O. The van der Waals surface area contributed by atoms with Gasteiger partial charge >= 0.3 is 0 Å². The van der Waals surface area contributed by atoms with Crippen molar-refractivity contribution in [3.8, 4) is 5.75 Å². The third kappa shape index (κ3) is 6.91. The minimum absolute atomic E-state index is 0.232. The number of hydrogen-bond acceptors (Lipinski definition) is 7. The number of rotatable bonds is 12. The molecule has 0 saturated carbocycles. The van der Waals surface area contributed by atoms with Gasteiger partial charge < -0.3 is 20.1 Å². The second-order valence-corrected chi connectivity index (χ2v) is 10.6. The van der Waals surface area contributed by atoms with Crippen molar-refractivity contribution in [3.05, 3.63) is 94.5 Å². The number of nitrogens with one attached hydrogen (secondary N) is 2. The highest BCUT2D eigenvalue weighted by atomic mass is 32.2. The van der Waals surface area contributed by atoms with E-state index in [4.69, 9.17) is 9.47 Å². The fraction of sp³-hybridized carbons (Fsp3) is 0.258. The van der Waals surface area contributed by atoms with E-state index in [-0.39, 0.29) is 30.0 Å². The molecule has 3 aromatic carbocycles. The van der Waals surface area contributed by atoms with Gasteiger partial charge in [0.15, 0.2) is 0 Å². The average Bonchev–Trinajstić information content (AvgIpc) is 3.17. The highest BCUT2D eigenvalue weighted by Crippen LogP contribution is 2.37. The van der Waals surface area contributed by atoms with Crippen molar-refractivity contribution in [2.75, 3.05) is 38.0 Å². The number of hydrogen-bond donors (Lipinski definition) is 2. The van der Waals surface area contributed by atoms with E-state index in [2.05, 4.69) is 24.5 Å². The quantitative estimate of drug-likeness (QED) is 0.211. The maximum atomic E-state index is 13.4. The highest BCUT2D eigenvalue weighted by Gasteiger charge is 2.38. The molecule has 3 amide bonds. The van der Waals surface area contributed by atoms with Gasteiger partial charge in [0, 0.05) is 42.1 Å². The molecule has 0 aromatic heterocycles. The van der Waals surface area contributed by atoms with E-state index < -0.39 is 0 Å². The van der Waals surface area contributed by atoms with Gasteiger partial charge in [-0.05, 0) is 66.4 Å². The number of amides is 3. The summed E-state index contributed by atoms with van der Waals surface area (Å²) in [5, 5.41) is 6.08. The van der Waals surface area contributed by atoms with Crippen LogP contribution in [0.25, 0.3) is 0 Å². The van der Waals surface area contributed by atoms with Gasteiger partial charge in [0.05, 0.1) is 7.11 Å². The summed E-state index contributed by atoms with van der Waals surface area (Å²) in [6.45, 7) is 4.92. The summed E-state index contributed by atoms with van der Waals surface area (Å²) in [4.78, 5) is 41.9. The lowest BCUT2D eigenvalue weighted by molar-refractivity contribution is -0.137. The number of thioether (sulfide) groups is 1. The Morgan fingerprint density at radius 1 is 0.925 bits per heavy atom. The Bertz CT molecular complexity index is 1420. The molecule has 1 heterocycles. The number of imide groups is 1. The molecular weight excluding hydrogens is 526 g/mol. The third-order valence-electron chi connectivity index (χ3n) is 6.35. The van der Waals surface area contributed by atoms with Crippen molar-refractivity contribution >= 4 is 40.9 Å². The molecule has 0 saturated heterocycles. The van der Waals surface area contributed by atoms with Gasteiger partial charge in [-0.25, -0.2) is 0 Å². The lowest BCUT2D eigenvalue weighted by atomic mass is 10.0. The summed E-state index contributed by atoms with van der Waals surface area (Å²) >= 11 is 1.19. The van der Waals surface area contributed by atoms with Crippen LogP contribution in [0.1, 0.15) is 42.1 Å². The molecule has 4 rings (SSSR count). The van der Waals surface area contributed by atoms with Crippen LogP contribution in [0, 0.1) is 0 Å². The second kappa shape index (κ2) is 13.3. The van der Waals surface area contributed by atoms with E-state index in [1.807, 2.05) is 30.3 Å². The van der Waals surface area contributed by atoms with Crippen LogP contribution in [0.3, 0.4) is 0 Å². The van der Waals surface area contributed by atoms with Gasteiger partial charge in [-0.2, -0.15) is 0 Å². The molecule has 208 valence electrons. The summed E-state index contributed by atoms with van der Waals surface area (Å²) in [6, 6.07) is 21.9. The third-order valence-corrected chi connectivity index (χ3v) is 7.42. The molecule has 0 spiro atoms. The van der Waals surface area contributed by atoms with Crippen LogP contribution in [0.2, 0.25) is 0 Å². The number of benzene rings is 3. The van der Waals surface area contributed by atoms with Crippen molar-refractivity contribution in [1.82, 2.24) is 4.90 Å². The molecular formula is C31H33N3O5S. The van der Waals surface area contributed by atoms with Crippen LogP contribution in [-0.4, -0.2) is 50.0 Å². The molecule has 1 aliphatic rings. The van der Waals surface area contributed by atoms with Gasteiger partial charge in [0.25, 0.3) is 17.7 Å². The smallest absolute Gasteiger partial charge is 0.278 e. The van der Waals surface area contributed by atoms with Crippen molar-refractivity contribution in [2.24, 2.45) is 0 Å². The average molecular weight is 560 g/mol. The first kappa shape index (κ1) is 28.9. The predicted molar refractivity (Wildman–Crippen MR) is 158 cm³/mol. The Morgan fingerprint density at radius 2 is 1.68 bits per heavy atom. The molecule has 0 aliphatic carbocycles. The van der Waals surface area contributed by atoms with E-state index >= 15 is 0 Å². The molecule has 2 N–H and O–H groups in total. The summed E-state index contributed by atoms with van der Waals surface area (Å²) in [6.07, 6.45) is 0.536. The topological polar surface area (TPSA) is 97.0 Å². The van der Waals surface area contributed by atoms with Gasteiger partial charge in [0.1, 0.15) is 16.4 Å². The molecule has 0 fully saturated rings. The highest BCUT2D eigenvalue weighted by molar-refractivity contribution is 8.04. The summed E-state index contributed by atoms with van der Waals surface area (Å²) in [5.41, 5.74) is 3.15. The van der Waals surface area contributed by atoms with Crippen molar-refractivity contribution < 1.29 is 23.9 Å². The molecule has 0 unspecified atom stereocenters. The fourth-order valence-corrected chi connectivity index (χ4v) is 5.15. The molecule has 3 aromatic rings. The number of carbonyl (C=O) groups is 3. The Hall–Kier alpha value is -4.08. The van der Waals surface area contributed by atoms with Crippen LogP contribution in [0.15, 0.2) is 88.3 Å². The van der Waals surface area contributed by atoms with Crippen LogP contribution in [0.4, 0.5) is 11.4 Å². The van der Waals surface area contributed by atoms with Crippen LogP contribution in [0.5, 0.6) is 5.75 Å². The monoisotopic (exact) mass is 559 g/mol. The summed E-state index contributed by atoms with van der Waals surface area (Å²) in [7, 11) is 3.13. The molecule has 40 heavy (non-hydrogen) atoms. The van der Waals surface area contributed by atoms with Crippen LogP contribution < -0.4 is 15.4 Å². The number of anilines is 2. The number of carbonyl (C=O) groups excluding carboxylic acids is 3. The number of methoxy groups -OCH3 is 2. The van der Waals surface area contributed by atoms with Crippen LogP contribution >= 0.6 is 11.8 Å². The molecule has 1 aliphatic heterocycles. The molecule has 0 atom stereocenters. The first-order chi connectivity index (χ1) is 19.3. The largest absolute Gasteiger partial charge is 0.497 e. The zero-order valence-corrected chi connectivity index (χ0v) is 23.8. The first-order valence-electron chi connectivity index (χ1n) is 13.0. The summed E-state index contributed by atoms with van der Waals surface area (Å²) in [5.74, 6) is -0.0644. The van der Waals surface area contributed by atoms with Gasteiger partial charge in [-0.15, -0.1) is 0 Å². The molecule has 0 bridgehead atoms. The number of ether oxygens (including phenoxy) is 2. The lowest BCUT2D eigenvalue weighted by Gasteiger charge is -2.15. The maximum Gasteiger partial charge on any atom is 0.278 e. The van der Waals surface area contributed by atoms with Gasteiger partial charge in [-0.1, -0.05) is 49.9 Å². The minimum atomic E-state index is -0.376. The first-order valence-corrected chi connectivity index (χ1v) is 13.8. The molecule has 9 heteroatoms. The zero-order valence-electron chi connectivity index (χ0n) is 23.0. The second-order valence-electron chi connectivity index (χ2n) is 9.53. The Kier molecular flexibility index (Phi) is 9.63. The van der Waals surface area contributed by atoms with E-state index in [0.717, 1.165) is 5.69 Å². The van der Waals surface area contributed by atoms with E-state index in [1.54, 1.807) is 56.7 Å². The van der Waals surface area contributed by atoms with Gasteiger partial charge in [0.2, 0.25) is 0 Å². The standard InChI is InChI=1S/C31H33N3O5S/c1-20(2)21-12-14-23(15-13-21)32-27-28(31(37)34(30(27)36)16-7-17-38-3)40-26-11-6-9-24(19-26)33-29(35)22-8-5-10-25(18-22)39-4/h5-6,8-15,18-20,32H,7,16-17H2,1-4H3,(H,33,35). The summed E-state index contributed by atoms with van der Waals surface area (Å²) < 4.78 is 10.3. The maximum absolute atomic E-state index is 13.4. The predicted octanol–water partition coefficient (Wildman–Crippen LogP) is 5.89. The fourth-order valence-electron chi connectivity index (χ4n) is 4.15. The normalized spacial score (nSPS) is 13.3. The molecule has 8 nitrogen and oxygen atoms in total. The van der Waals surface area contributed by atoms with Crippen molar-refractivity contribution in [1.29, 1.82) is 0 Å². The minimum Gasteiger partial charge on any atom is -0.497 e. The Balaban J connectivity index is 1.58. The molecule has 0 radical (unpaired) electrons. The Morgan fingerprint density at radius 3 is 2.38 bits per heavy atom. The lowest BCUT2D eigenvalue weighted by Crippen LogP contribution is -2.33. The van der Waals surface area contributed by atoms with Crippen LogP contribution in [-0.2, 0) is 14.3 Å². The zero-order chi connectivity index (χ0) is 28.6. The number of nitrogens with zero attached hydrogens (tertiary/aromatic N) is 1. The van der Waals surface area contributed by atoms with Gasteiger partial charge in [-0.3, -0.25) is 19.3 Å².